The van der Waals surface area contributed by atoms with Crippen LogP contribution >= 0.6 is 0 Å². The maximum Gasteiger partial charge on any atom is 0.407 e. The summed E-state index contributed by atoms with van der Waals surface area (Å²) in [5, 5.41) is 7.67. The normalized spacial score (nSPS) is 24.2. The molecule has 368 valence electrons. The molecular formula is C52H66N8O9. The molecule has 4 amide bonds. The summed E-state index contributed by atoms with van der Waals surface area (Å²) in [4.78, 5) is 74.4. The number of imidazole rings is 2. The van der Waals surface area contributed by atoms with Crippen molar-refractivity contribution in [2.24, 2.45) is 11.8 Å². The number of fused-ring (bicyclic) bond motifs is 6. The molecular weight excluding hydrogens is 881 g/mol. The highest BCUT2D eigenvalue weighted by atomic mass is 16.5. The number of unbranched alkanes of at least 4 members (excludes halogenated alkanes) is 1. The summed E-state index contributed by atoms with van der Waals surface area (Å²) in [6.07, 6.45) is 6.31. The quantitative estimate of drug-likeness (QED) is 0.0884. The molecule has 4 aliphatic heterocycles. The zero-order valence-electron chi connectivity index (χ0n) is 40.8. The Bertz CT molecular complexity index is 2680. The molecule has 0 aliphatic carbocycles. The zero-order valence-corrected chi connectivity index (χ0v) is 40.8. The topological polar surface area (TPSA) is 202 Å². The molecule has 17 heteroatoms. The molecule has 3 aromatic carbocycles. The van der Waals surface area contributed by atoms with Gasteiger partial charge < -0.3 is 54.1 Å². The van der Waals surface area contributed by atoms with Gasteiger partial charge in [0.15, 0.2) is 0 Å². The van der Waals surface area contributed by atoms with E-state index in [1.165, 1.54) is 14.2 Å². The average Bonchev–Trinajstić information content (AvgIpc) is 4.12. The maximum absolute atomic E-state index is 14.4. The predicted octanol–water partition coefficient (Wildman–Crippen LogP) is 8.31. The minimum absolute atomic E-state index is 0.0268. The number of nitrogens with zero attached hydrogens (tertiary/aromatic N) is 4. The van der Waals surface area contributed by atoms with Crippen LogP contribution in [0, 0.1) is 11.8 Å². The number of rotatable bonds is 13. The smallest absolute Gasteiger partial charge is 0.407 e. The van der Waals surface area contributed by atoms with E-state index < -0.39 is 24.3 Å². The average molecular weight is 947 g/mol. The fourth-order valence-electron chi connectivity index (χ4n) is 11.3. The number of hydrogen-bond donors (Lipinski definition) is 4. The van der Waals surface area contributed by atoms with E-state index in [0.29, 0.717) is 57.0 Å². The molecule has 2 aromatic heterocycles. The Morgan fingerprint density at radius 3 is 2.22 bits per heavy atom. The van der Waals surface area contributed by atoms with E-state index in [-0.39, 0.29) is 60.7 Å². The summed E-state index contributed by atoms with van der Waals surface area (Å²) in [7, 11) is 2.62. The van der Waals surface area contributed by atoms with Crippen molar-refractivity contribution in [3.8, 4) is 28.1 Å². The molecule has 17 nitrogen and oxygen atoms in total. The summed E-state index contributed by atoms with van der Waals surface area (Å²) in [5.41, 5.74) is 6.52. The Kier molecular flexibility index (Phi) is 14.2. The molecule has 3 fully saturated rings. The van der Waals surface area contributed by atoms with E-state index in [9.17, 15) is 19.2 Å². The molecule has 4 N–H and O–H groups in total. The Morgan fingerprint density at radius 1 is 0.855 bits per heavy atom. The van der Waals surface area contributed by atoms with Crippen molar-refractivity contribution in [3.63, 3.8) is 0 Å². The number of carbonyl (C=O) groups is 4. The van der Waals surface area contributed by atoms with Crippen LogP contribution in [0.25, 0.3) is 44.2 Å². The van der Waals surface area contributed by atoms with Gasteiger partial charge in [0.2, 0.25) is 11.8 Å². The Hall–Kier alpha value is -6.20. The fraction of sp³-hybridized carbons (Fsp3) is 0.538. The van der Waals surface area contributed by atoms with Gasteiger partial charge in [-0.2, -0.15) is 0 Å². The molecule has 0 bridgehead atoms. The second-order valence-corrected chi connectivity index (χ2v) is 19.6. The number of nitrogens with one attached hydrogen (secondary N) is 4. The monoisotopic (exact) mass is 946 g/mol. The summed E-state index contributed by atoms with van der Waals surface area (Å²) >= 11 is 0. The lowest BCUT2D eigenvalue weighted by Crippen LogP contribution is -2.54. The standard InChI is InChI=1S/C52H66N8O9/c1-8-9-16-59(49(61)45(57-51(63)65-6)34-18-28(2)68-29(3)19-34)26-44-54-40-15-13-32-23-39-37-14-12-33(22-36(37)27-67-43(39)24-38(32)47(40)56-44)41-25-53-48(55-41)42-11-10-17-60(42)50(62)46(58-52(64)66-7)35-20-30(4)69-31(5)21-35/h12-15,22-25,28-31,34-35,42,45-46H,8-11,16-21,26-27H2,1-7H3,(H,53,55)(H,54,56)(H,57,63)(H,58,64)/t28-,29-,30-,31-,42+,45+,46+/m1/s1. The molecule has 0 spiro atoms. The number of aromatic nitrogens is 4. The largest absolute Gasteiger partial charge is 0.488 e. The summed E-state index contributed by atoms with van der Waals surface area (Å²) in [5.74, 6) is 1.63. The van der Waals surface area contributed by atoms with Crippen molar-refractivity contribution in [1.82, 2.24) is 40.4 Å². The van der Waals surface area contributed by atoms with E-state index in [1.807, 2.05) is 44.9 Å². The van der Waals surface area contributed by atoms with E-state index in [2.05, 4.69) is 63.9 Å². The van der Waals surface area contributed by atoms with Crippen LogP contribution in [0.3, 0.4) is 0 Å². The predicted molar refractivity (Wildman–Crippen MR) is 259 cm³/mol. The number of amides is 4. The Balaban J connectivity index is 0.935. The lowest BCUT2D eigenvalue weighted by atomic mass is 9.85. The van der Waals surface area contributed by atoms with Gasteiger partial charge >= 0.3 is 12.2 Å². The third-order valence-corrected chi connectivity index (χ3v) is 14.4. The van der Waals surface area contributed by atoms with Crippen LogP contribution in [0.5, 0.6) is 5.75 Å². The maximum atomic E-state index is 14.4. The number of likely N-dealkylation sites (tertiary alicyclic amines) is 1. The third kappa shape index (κ3) is 10.1. The number of ether oxygens (including phenoxy) is 5. The van der Waals surface area contributed by atoms with Crippen LogP contribution in [0.1, 0.15) is 109 Å². The molecule has 9 rings (SSSR count). The van der Waals surface area contributed by atoms with Crippen LogP contribution in [-0.4, -0.2) is 118 Å². The first kappa shape index (κ1) is 47.8. The van der Waals surface area contributed by atoms with Gasteiger partial charge in [0.25, 0.3) is 0 Å². The first-order valence-electron chi connectivity index (χ1n) is 24.7. The van der Waals surface area contributed by atoms with Gasteiger partial charge in [-0.15, -0.1) is 0 Å². The molecule has 0 radical (unpaired) electrons. The number of aromatic amines is 2. The van der Waals surface area contributed by atoms with Gasteiger partial charge in [0, 0.05) is 24.0 Å². The SMILES string of the molecule is CCCCN(Cc1nc2c(ccc3cc4c(cc32)OCc2cc(-c3cnc([C@@H]5CCCN5C(=O)[C@@H](NC(=O)OC)C5C[C@@H](C)O[C@H](C)C5)[nH]3)ccc2-4)[nH]1)C(=O)[C@@H](NC(=O)OC)C1C[C@@H](C)O[C@H](C)C1. The van der Waals surface area contributed by atoms with E-state index >= 15 is 0 Å². The van der Waals surface area contributed by atoms with Crippen molar-refractivity contribution < 1.29 is 42.9 Å². The summed E-state index contributed by atoms with van der Waals surface area (Å²) < 4.78 is 28.3. The van der Waals surface area contributed by atoms with Crippen molar-refractivity contribution >= 4 is 45.8 Å². The van der Waals surface area contributed by atoms with Crippen LogP contribution < -0.4 is 15.4 Å². The highest BCUT2D eigenvalue weighted by Crippen LogP contribution is 2.43. The van der Waals surface area contributed by atoms with Crippen molar-refractivity contribution in [2.75, 3.05) is 27.3 Å². The second kappa shape index (κ2) is 20.4. The van der Waals surface area contributed by atoms with Gasteiger partial charge in [-0.3, -0.25) is 9.59 Å². The number of benzene rings is 3. The Morgan fingerprint density at radius 2 is 1.54 bits per heavy atom. The Labute approximate surface area is 402 Å². The van der Waals surface area contributed by atoms with Crippen molar-refractivity contribution in [2.45, 2.75) is 142 Å². The van der Waals surface area contributed by atoms with Crippen LogP contribution in [0.2, 0.25) is 0 Å². The summed E-state index contributed by atoms with van der Waals surface area (Å²) in [6, 6.07) is 12.9. The molecule has 0 saturated carbocycles. The third-order valence-electron chi connectivity index (χ3n) is 14.4. The molecule has 4 aliphatic rings. The van der Waals surface area contributed by atoms with Gasteiger partial charge in [0.05, 0.1) is 74.1 Å². The highest BCUT2D eigenvalue weighted by Gasteiger charge is 2.42. The van der Waals surface area contributed by atoms with E-state index in [0.717, 1.165) is 81.2 Å². The first-order chi connectivity index (χ1) is 33.3. The molecule has 5 aromatic rings. The van der Waals surface area contributed by atoms with Gasteiger partial charge in [-0.25, -0.2) is 19.6 Å². The molecule has 69 heavy (non-hydrogen) atoms. The minimum Gasteiger partial charge on any atom is -0.488 e. The van der Waals surface area contributed by atoms with E-state index in [1.54, 1.807) is 4.90 Å². The van der Waals surface area contributed by atoms with Crippen LogP contribution in [-0.2, 0) is 41.7 Å². The molecule has 3 saturated heterocycles. The van der Waals surface area contributed by atoms with Gasteiger partial charge in [-0.05, 0) is 131 Å². The van der Waals surface area contributed by atoms with Crippen molar-refractivity contribution in [3.05, 3.63) is 65.9 Å². The lowest BCUT2D eigenvalue weighted by Gasteiger charge is -2.38. The fourth-order valence-corrected chi connectivity index (χ4v) is 11.3. The van der Waals surface area contributed by atoms with Crippen LogP contribution in [0.4, 0.5) is 9.59 Å². The second-order valence-electron chi connectivity index (χ2n) is 19.6. The molecule has 7 atom stereocenters. The van der Waals surface area contributed by atoms with Gasteiger partial charge in [0.1, 0.15) is 36.1 Å². The number of H-pyrrole nitrogens is 2. The van der Waals surface area contributed by atoms with Crippen LogP contribution in [0.15, 0.2) is 48.7 Å². The first-order valence-corrected chi connectivity index (χ1v) is 24.7. The van der Waals surface area contributed by atoms with E-state index in [4.69, 9.17) is 33.7 Å². The summed E-state index contributed by atoms with van der Waals surface area (Å²) in [6.45, 7) is 11.8. The van der Waals surface area contributed by atoms with Gasteiger partial charge in [-0.1, -0.05) is 31.5 Å². The number of methoxy groups -OCH3 is 2. The number of hydrogen-bond acceptors (Lipinski definition) is 11. The highest BCUT2D eigenvalue weighted by molar-refractivity contribution is 6.07. The minimum atomic E-state index is -0.763. The number of alkyl carbamates (subject to hydrolysis) is 2. The van der Waals surface area contributed by atoms with Crippen molar-refractivity contribution in [1.29, 1.82) is 0 Å². The zero-order chi connectivity index (χ0) is 48.5. The number of carbonyl (C=O) groups excluding carboxylic acids is 4. The molecule has 6 heterocycles. The lowest BCUT2D eigenvalue weighted by molar-refractivity contribution is -0.139. The molecule has 0 unspecified atom stereocenters.